The maximum absolute atomic E-state index is 4.25. The summed E-state index contributed by atoms with van der Waals surface area (Å²) >= 11 is 0. The van der Waals surface area contributed by atoms with Crippen molar-refractivity contribution < 1.29 is 0 Å². The van der Waals surface area contributed by atoms with E-state index in [2.05, 4.69) is 43.2 Å². The van der Waals surface area contributed by atoms with E-state index in [1.807, 2.05) is 20.2 Å². The zero-order valence-corrected chi connectivity index (χ0v) is 11.9. The molecule has 0 aliphatic carbocycles. The van der Waals surface area contributed by atoms with E-state index < -0.39 is 0 Å². The molecule has 96 valence electrons. The Morgan fingerprint density at radius 3 is 2.59 bits per heavy atom. The number of aryl methyl sites for hydroxylation is 1. The summed E-state index contributed by atoms with van der Waals surface area (Å²) in [7, 11) is 2.04. The zero-order chi connectivity index (χ0) is 12.9. The van der Waals surface area contributed by atoms with E-state index in [1.165, 1.54) is 24.8 Å². The largest absolute Gasteiger partial charge is 0.313 e. The van der Waals surface area contributed by atoms with Crippen molar-refractivity contribution in [2.75, 3.05) is 7.05 Å². The molecule has 1 unspecified atom stereocenters. The van der Waals surface area contributed by atoms with Crippen LogP contribution in [0, 0.1) is 12.3 Å². The molecule has 1 rings (SSSR count). The van der Waals surface area contributed by atoms with Crippen molar-refractivity contribution in [2.24, 2.45) is 5.41 Å². The van der Waals surface area contributed by atoms with Crippen LogP contribution in [0.4, 0.5) is 0 Å². The minimum Gasteiger partial charge on any atom is -0.313 e. The molecular weight excluding hydrogens is 208 g/mol. The first-order chi connectivity index (χ1) is 7.92. The van der Waals surface area contributed by atoms with Gasteiger partial charge in [0.1, 0.15) is 0 Å². The Bertz CT molecular complexity index is 339. The van der Waals surface area contributed by atoms with Crippen molar-refractivity contribution in [2.45, 2.75) is 53.0 Å². The van der Waals surface area contributed by atoms with Crippen molar-refractivity contribution >= 4 is 0 Å². The fourth-order valence-electron chi connectivity index (χ4n) is 2.10. The van der Waals surface area contributed by atoms with E-state index >= 15 is 0 Å². The lowest BCUT2D eigenvalue weighted by atomic mass is 9.88. The monoisotopic (exact) mass is 234 g/mol. The molecule has 0 aliphatic rings. The van der Waals surface area contributed by atoms with Gasteiger partial charge in [0.2, 0.25) is 0 Å². The fraction of sp³-hybridized carbons (Fsp3) is 0.667. The summed E-state index contributed by atoms with van der Waals surface area (Å²) in [4.78, 5) is 4.25. The summed E-state index contributed by atoms with van der Waals surface area (Å²) < 4.78 is 0. The Morgan fingerprint density at radius 2 is 2.06 bits per heavy atom. The van der Waals surface area contributed by atoms with Gasteiger partial charge in [-0.25, -0.2) is 0 Å². The Labute approximate surface area is 106 Å². The standard InChI is InChI=1S/C15H26N2/c1-12-11-13(8-10-17-12)14(16-5)7-6-9-15(2,3)4/h8,10-11,14,16H,6-7,9H2,1-5H3. The molecule has 0 fully saturated rings. The van der Waals surface area contributed by atoms with Gasteiger partial charge >= 0.3 is 0 Å². The van der Waals surface area contributed by atoms with Gasteiger partial charge in [0.25, 0.3) is 0 Å². The van der Waals surface area contributed by atoms with Crippen molar-refractivity contribution in [3.8, 4) is 0 Å². The molecule has 2 heteroatoms. The normalized spacial score (nSPS) is 13.7. The van der Waals surface area contributed by atoms with Crippen LogP contribution in [0.2, 0.25) is 0 Å². The zero-order valence-electron chi connectivity index (χ0n) is 11.9. The highest BCUT2D eigenvalue weighted by Crippen LogP contribution is 2.25. The molecule has 0 saturated heterocycles. The quantitative estimate of drug-likeness (QED) is 0.836. The lowest BCUT2D eigenvalue weighted by Crippen LogP contribution is -2.17. The SMILES string of the molecule is CNC(CCCC(C)(C)C)c1ccnc(C)c1. The molecule has 0 bridgehead atoms. The molecule has 1 atom stereocenters. The topological polar surface area (TPSA) is 24.9 Å². The number of hydrogen-bond donors (Lipinski definition) is 1. The van der Waals surface area contributed by atoms with Gasteiger partial charge in [0, 0.05) is 17.9 Å². The smallest absolute Gasteiger partial charge is 0.0375 e. The maximum Gasteiger partial charge on any atom is 0.0375 e. The molecule has 0 saturated carbocycles. The molecule has 2 nitrogen and oxygen atoms in total. The Kier molecular flexibility index (Phi) is 5.13. The van der Waals surface area contributed by atoms with Gasteiger partial charge in [-0.2, -0.15) is 0 Å². The average Bonchev–Trinajstić information content (AvgIpc) is 2.23. The number of rotatable bonds is 5. The third-order valence-electron chi connectivity index (χ3n) is 3.09. The van der Waals surface area contributed by atoms with Crippen LogP contribution in [0.15, 0.2) is 18.3 Å². The summed E-state index contributed by atoms with van der Waals surface area (Å²) in [6.07, 6.45) is 5.63. The van der Waals surface area contributed by atoms with Crippen LogP contribution >= 0.6 is 0 Å². The first-order valence-corrected chi connectivity index (χ1v) is 6.52. The van der Waals surface area contributed by atoms with E-state index in [9.17, 15) is 0 Å². The van der Waals surface area contributed by atoms with E-state index in [4.69, 9.17) is 0 Å². The minimum absolute atomic E-state index is 0.437. The third kappa shape index (κ3) is 5.31. The van der Waals surface area contributed by atoms with Crippen molar-refractivity contribution in [3.05, 3.63) is 29.6 Å². The van der Waals surface area contributed by atoms with Crippen molar-refractivity contribution in [1.29, 1.82) is 0 Å². The van der Waals surface area contributed by atoms with Gasteiger partial charge in [0.05, 0.1) is 0 Å². The Balaban J connectivity index is 2.54. The van der Waals surface area contributed by atoms with Crippen LogP contribution in [0.25, 0.3) is 0 Å². The summed E-state index contributed by atoms with van der Waals surface area (Å²) in [5.74, 6) is 0. The highest BCUT2D eigenvalue weighted by Gasteiger charge is 2.13. The second-order valence-electron chi connectivity index (χ2n) is 6.02. The summed E-state index contributed by atoms with van der Waals surface area (Å²) in [5, 5.41) is 3.40. The average molecular weight is 234 g/mol. The van der Waals surface area contributed by atoms with Gasteiger partial charge < -0.3 is 5.32 Å². The van der Waals surface area contributed by atoms with Crippen LogP contribution in [-0.2, 0) is 0 Å². The number of nitrogens with one attached hydrogen (secondary N) is 1. The van der Waals surface area contributed by atoms with Gasteiger partial charge in [-0.3, -0.25) is 4.98 Å². The van der Waals surface area contributed by atoms with E-state index in [1.54, 1.807) is 0 Å². The van der Waals surface area contributed by atoms with Crippen LogP contribution in [0.3, 0.4) is 0 Å². The lowest BCUT2D eigenvalue weighted by Gasteiger charge is -2.21. The number of aromatic nitrogens is 1. The molecule has 1 aromatic heterocycles. The first kappa shape index (κ1) is 14.2. The van der Waals surface area contributed by atoms with Gasteiger partial charge in [-0.05, 0) is 49.9 Å². The number of hydrogen-bond acceptors (Lipinski definition) is 2. The van der Waals surface area contributed by atoms with Crippen LogP contribution in [-0.4, -0.2) is 12.0 Å². The molecule has 1 N–H and O–H groups in total. The molecule has 0 aromatic carbocycles. The molecule has 0 aliphatic heterocycles. The lowest BCUT2D eigenvalue weighted by molar-refractivity contribution is 0.347. The predicted molar refractivity (Wildman–Crippen MR) is 74.1 cm³/mol. The highest BCUT2D eigenvalue weighted by molar-refractivity contribution is 5.19. The molecule has 0 spiro atoms. The van der Waals surface area contributed by atoms with Crippen LogP contribution in [0.5, 0.6) is 0 Å². The Morgan fingerprint density at radius 1 is 1.35 bits per heavy atom. The van der Waals surface area contributed by atoms with E-state index in [-0.39, 0.29) is 0 Å². The number of pyridine rings is 1. The number of nitrogens with zero attached hydrogens (tertiary/aromatic N) is 1. The maximum atomic E-state index is 4.25. The summed E-state index contributed by atoms with van der Waals surface area (Å²) in [6.45, 7) is 8.96. The Hall–Kier alpha value is -0.890. The second-order valence-corrected chi connectivity index (χ2v) is 6.02. The van der Waals surface area contributed by atoms with Gasteiger partial charge in [0.15, 0.2) is 0 Å². The van der Waals surface area contributed by atoms with Crippen molar-refractivity contribution in [1.82, 2.24) is 10.3 Å². The van der Waals surface area contributed by atoms with Gasteiger partial charge in [-0.1, -0.05) is 27.2 Å². The van der Waals surface area contributed by atoms with Crippen LogP contribution in [0.1, 0.15) is 57.3 Å². The molecule has 17 heavy (non-hydrogen) atoms. The molecule has 1 aromatic rings. The summed E-state index contributed by atoms with van der Waals surface area (Å²) in [6, 6.07) is 4.75. The van der Waals surface area contributed by atoms with Gasteiger partial charge in [-0.15, -0.1) is 0 Å². The molecular formula is C15H26N2. The molecule has 1 heterocycles. The highest BCUT2D eigenvalue weighted by atomic mass is 14.9. The predicted octanol–water partition coefficient (Wildman–Crippen LogP) is 3.87. The second kappa shape index (κ2) is 6.15. The molecule has 0 radical (unpaired) electrons. The minimum atomic E-state index is 0.437. The molecule has 0 amide bonds. The third-order valence-corrected chi connectivity index (χ3v) is 3.09. The van der Waals surface area contributed by atoms with Crippen LogP contribution < -0.4 is 5.32 Å². The van der Waals surface area contributed by atoms with Crippen molar-refractivity contribution in [3.63, 3.8) is 0 Å². The fourth-order valence-corrected chi connectivity index (χ4v) is 2.10. The summed E-state index contributed by atoms with van der Waals surface area (Å²) in [5.41, 5.74) is 2.89. The van der Waals surface area contributed by atoms with E-state index in [0.717, 1.165) is 5.69 Å². The van der Waals surface area contributed by atoms with E-state index in [0.29, 0.717) is 11.5 Å². The first-order valence-electron chi connectivity index (χ1n) is 6.52.